The van der Waals surface area contributed by atoms with Crippen molar-refractivity contribution in [3.63, 3.8) is 0 Å². The zero-order valence-corrected chi connectivity index (χ0v) is 16.4. The number of halogens is 5. The van der Waals surface area contributed by atoms with E-state index in [-0.39, 0.29) is 5.69 Å². The molecule has 136 valence electrons. The number of aromatic nitrogens is 3. The highest BCUT2D eigenvalue weighted by molar-refractivity contribution is 14.1. The molecule has 3 aromatic rings. The van der Waals surface area contributed by atoms with E-state index in [2.05, 4.69) is 32.7 Å². The van der Waals surface area contributed by atoms with Gasteiger partial charge in [-0.2, -0.15) is 18.3 Å². The van der Waals surface area contributed by atoms with Crippen molar-refractivity contribution < 1.29 is 13.2 Å². The average Bonchev–Trinajstić information content (AvgIpc) is 2.94. The molecule has 3 nitrogen and oxygen atoms in total. The van der Waals surface area contributed by atoms with Gasteiger partial charge < -0.3 is 0 Å². The highest BCUT2D eigenvalue weighted by Crippen LogP contribution is 2.40. The lowest BCUT2D eigenvalue weighted by molar-refractivity contribution is -0.141. The van der Waals surface area contributed by atoms with Crippen LogP contribution in [0.2, 0.25) is 5.02 Å². The van der Waals surface area contributed by atoms with E-state index in [1.54, 1.807) is 12.1 Å². The van der Waals surface area contributed by atoms with Crippen molar-refractivity contribution in [3.8, 4) is 11.3 Å². The van der Waals surface area contributed by atoms with Crippen LogP contribution in [-0.2, 0) is 6.18 Å². The third-order valence-electron chi connectivity index (χ3n) is 4.73. The molecule has 0 spiro atoms. The molecule has 0 N–H and O–H groups in total. The maximum Gasteiger partial charge on any atom is 0.433 e. The van der Waals surface area contributed by atoms with Crippen LogP contribution < -0.4 is 0 Å². The average molecular weight is 492 g/mol. The molecule has 1 saturated carbocycles. The van der Waals surface area contributed by atoms with Crippen LogP contribution in [0.15, 0.2) is 36.5 Å². The van der Waals surface area contributed by atoms with Crippen molar-refractivity contribution in [2.75, 3.05) is 4.43 Å². The van der Waals surface area contributed by atoms with Crippen molar-refractivity contribution in [2.24, 2.45) is 5.92 Å². The summed E-state index contributed by atoms with van der Waals surface area (Å²) in [5, 5.41) is 5.77. The predicted octanol–water partition coefficient (Wildman–Crippen LogP) is 6.16. The van der Waals surface area contributed by atoms with E-state index in [9.17, 15) is 13.2 Å². The molecule has 1 fully saturated rings. The van der Waals surface area contributed by atoms with Crippen LogP contribution in [0, 0.1) is 5.92 Å². The maximum atomic E-state index is 12.9. The topological polar surface area (TPSA) is 30.7 Å². The Kier molecular flexibility index (Phi) is 4.63. The fraction of sp³-hybridized carbons (Fsp3) is 0.333. The molecular weight excluding hydrogens is 478 g/mol. The van der Waals surface area contributed by atoms with E-state index < -0.39 is 11.9 Å². The number of rotatable bonds is 3. The normalized spacial score (nSPS) is 20.3. The summed E-state index contributed by atoms with van der Waals surface area (Å²) < 4.78 is 41.9. The first-order chi connectivity index (χ1) is 12.3. The van der Waals surface area contributed by atoms with Crippen molar-refractivity contribution in [3.05, 3.63) is 47.2 Å². The Morgan fingerprint density at radius 1 is 1.23 bits per heavy atom. The summed E-state index contributed by atoms with van der Waals surface area (Å²) in [7, 11) is 0. The zero-order chi connectivity index (χ0) is 18.5. The number of hydrogen-bond acceptors (Lipinski definition) is 2. The van der Waals surface area contributed by atoms with Gasteiger partial charge in [-0.15, -0.1) is 0 Å². The second-order valence-corrected chi connectivity index (χ2v) is 7.84. The quantitative estimate of drug-likeness (QED) is 0.325. The highest BCUT2D eigenvalue weighted by atomic mass is 127. The molecule has 1 aliphatic rings. The number of pyridine rings is 1. The molecule has 0 unspecified atom stereocenters. The van der Waals surface area contributed by atoms with Crippen LogP contribution in [0.3, 0.4) is 0 Å². The smallest absolute Gasteiger partial charge is 0.268 e. The van der Waals surface area contributed by atoms with E-state index >= 15 is 0 Å². The first-order valence-corrected chi connectivity index (χ1v) is 10.0. The molecule has 1 aromatic carbocycles. The first kappa shape index (κ1) is 18.0. The van der Waals surface area contributed by atoms with Gasteiger partial charge in [0.2, 0.25) is 0 Å². The molecule has 0 aliphatic heterocycles. The molecule has 0 bridgehead atoms. The Morgan fingerprint density at radius 2 is 2.00 bits per heavy atom. The number of hydrogen-bond donors (Lipinski definition) is 0. The summed E-state index contributed by atoms with van der Waals surface area (Å²) in [5.74, 6) is 0.737. The highest BCUT2D eigenvalue weighted by Gasteiger charge is 2.33. The van der Waals surface area contributed by atoms with Crippen LogP contribution in [0.5, 0.6) is 0 Å². The molecule has 0 saturated heterocycles. The summed E-state index contributed by atoms with van der Waals surface area (Å²) in [6.07, 6.45) is -0.340. The van der Waals surface area contributed by atoms with Crippen LogP contribution in [0.25, 0.3) is 22.2 Å². The summed E-state index contributed by atoms with van der Waals surface area (Å²) >= 11 is 8.71. The van der Waals surface area contributed by atoms with Crippen molar-refractivity contribution in [2.45, 2.75) is 25.1 Å². The van der Waals surface area contributed by atoms with Gasteiger partial charge in [-0.1, -0.05) is 40.3 Å². The van der Waals surface area contributed by atoms with E-state index in [0.717, 1.165) is 40.2 Å². The predicted molar refractivity (Wildman–Crippen MR) is 104 cm³/mol. The van der Waals surface area contributed by atoms with Crippen LogP contribution in [0.4, 0.5) is 13.2 Å². The Balaban J connectivity index is 1.71. The fourth-order valence-corrected chi connectivity index (χ4v) is 4.21. The third kappa shape index (κ3) is 3.31. The minimum Gasteiger partial charge on any atom is -0.268 e. The Morgan fingerprint density at radius 3 is 2.69 bits per heavy atom. The molecule has 8 heteroatoms. The molecular formula is C18H14ClF3IN3. The van der Waals surface area contributed by atoms with Gasteiger partial charge in [0.15, 0.2) is 0 Å². The zero-order valence-electron chi connectivity index (χ0n) is 13.5. The van der Waals surface area contributed by atoms with Gasteiger partial charge in [0.1, 0.15) is 5.69 Å². The van der Waals surface area contributed by atoms with Crippen molar-refractivity contribution >= 4 is 45.1 Å². The lowest BCUT2D eigenvalue weighted by Crippen LogP contribution is -2.27. The summed E-state index contributed by atoms with van der Waals surface area (Å²) in [4.78, 5) is 3.73. The number of fused-ring (bicyclic) bond motifs is 1. The lowest BCUT2D eigenvalue weighted by atomic mass is 9.82. The van der Waals surface area contributed by atoms with E-state index in [1.165, 1.54) is 12.1 Å². The minimum absolute atomic E-state index is 0.202. The lowest BCUT2D eigenvalue weighted by Gasteiger charge is -2.34. The standard InChI is InChI=1S/C18H14ClF3IN3/c19-14-7-16-11(9-26(25-16)12-4-10(5-12)8-23)6-13(14)15-2-1-3-17(24-15)18(20,21)22/h1-3,6-7,9-10,12H,4-5,8H2. The number of benzene rings is 1. The molecule has 1 aliphatic carbocycles. The SMILES string of the molecule is FC(F)(F)c1cccc(-c2cc3cn(C4CC(CI)C4)nc3cc2Cl)n1. The second kappa shape index (κ2) is 6.67. The van der Waals surface area contributed by atoms with E-state index in [1.807, 2.05) is 10.9 Å². The Labute approximate surface area is 166 Å². The monoisotopic (exact) mass is 491 g/mol. The first-order valence-electron chi connectivity index (χ1n) is 8.14. The summed E-state index contributed by atoms with van der Waals surface area (Å²) in [6.45, 7) is 0. The van der Waals surface area contributed by atoms with Gasteiger partial charge in [-0.25, -0.2) is 4.98 Å². The summed E-state index contributed by atoms with van der Waals surface area (Å²) in [5.41, 5.74) is 0.487. The second-order valence-electron chi connectivity index (χ2n) is 6.55. The Hall–Kier alpha value is -1.35. The number of nitrogens with zero attached hydrogens (tertiary/aromatic N) is 3. The van der Waals surface area contributed by atoms with Crippen molar-refractivity contribution in [1.29, 1.82) is 0 Å². The Bertz CT molecular complexity index is 964. The summed E-state index contributed by atoms with van der Waals surface area (Å²) in [6, 6.07) is 7.67. The molecule has 2 heterocycles. The molecule has 0 amide bonds. The molecule has 0 radical (unpaired) electrons. The number of alkyl halides is 4. The van der Waals surface area contributed by atoms with Crippen LogP contribution in [-0.4, -0.2) is 19.2 Å². The molecule has 26 heavy (non-hydrogen) atoms. The molecule has 2 aromatic heterocycles. The third-order valence-corrected chi connectivity index (χ3v) is 6.29. The van der Waals surface area contributed by atoms with Crippen LogP contribution in [0.1, 0.15) is 24.6 Å². The van der Waals surface area contributed by atoms with Gasteiger partial charge in [0, 0.05) is 21.6 Å². The van der Waals surface area contributed by atoms with Gasteiger partial charge in [-0.05, 0) is 43.0 Å². The van der Waals surface area contributed by atoms with Gasteiger partial charge in [0.25, 0.3) is 0 Å². The van der Waals surface area contributed by atoms with E-state index in [4.69, 9.17) is 11.6 Å². The molecule has 4 rings (SSSR count). The van der Waals surface area contributed by atoms with Gasteiger partial charge in [-0.3, -0.25) is 4.68 Å². The van der Waals surface area contributed by atoms with Gasteiger partial charge >= 0.3 is 6.18 Å². The largest absolute Gasteiger partial charge is 0.433 e. The minimum atomic E-state index is -4.49. The van der Waals surface area contributed by atoms with Gasteiger partial charge in [0.05, 0.1) is 22.3 Å². The van der Waals surface area contributed by atoms with Crippen molar-refractivity contribution in [1.82, 2.24) is 14.8 Å². The fourth-order valence-electron chi connectivity index (χ4n) is 3.23. The molecule has 0 atom stereocenters. The maximum absolute atomic E-state index is 12.9. The van der Waals surface area contributed by atoms with Crippen LogP contribution >= 0.6 is 34.2 Å². The van der Waals surface area contributed by atoms with E-state index in [0.29, 0.717) is 16.6 Å².